The van der Waals surface area contributed by atoms with Gasteiger partial charge in [-0.3, -0.25) is 0 Å². The maximum Gasteiger partial charge on any atom is 0.417 e. The maximum absolute atomic E-state index is 13.5. The molecule has 1 atom stereocenters. The molecular formula is C30H22BrClF3N3O. The fraction of sp³-hybridized carbons (Fsp3) is 0.133. The summed E-state index contributed by atoms with van der Waals surface area (Å²) in [6, 6.07) is 29.6. The van der Waals surface area contributed by atoms with Gasteiger partial charge >= 0.3 is 12.2 Å². The first-order valence-electron chi connectivity index (χ1n) is 12.1. The van der Waals surface area contributed by atoms with Gasteiger partial charge in [-0.2, -0.15) is 18.3 Å². The summed E-state index contributed by atoms with van der Waals surface area (Å²) in [7, 11) is 0. The first-order valence-corrected chi connectivity index (χ1v) is 13.2. The number of rotatable bonds is 5. The van der Waals surface area contributed by atoms with Crippen LogP contribution in [0.5, 0.6) is 0 Å². The molecule has 9 heteroatoms. The number of urea groups is 1. The minimum absolute atomic E-state index is 0.169. The summed E-state index contributed by atoms with van der Waals surface area (Å²) in [5, 5.41) is 8.48. The van der Waals surface area contributed by atoms with E-state index in [-0.39, 0.29) is 6.54 Å². The van der Waals surface area contributed by atoms with Crippen LogP contribution in [0.2, 0.25) is 5.02 Å². The van der Waals surface area contributed by atoms with Crippen molar-refractivity contribution in [2.45, 2.75) is 18.0 Å². The van der Waals surface area contributed by atoms with E-state index < -0.39 is 28.2 Å². The van der Waals surface area contributed by atoms with E-state index in [1.807, 2.05) is 72.8 Å². The van der Waals surface area contributed by atoms with Crippen LogP contribution in [0.3, 0.4) is 0 Å². The van der Waals surface area contributed by atoms with Gasteiger partial charge in [0.15, 0.2) is 0 Å². The van der Waals surface area contributed by atoms with Crippen LogP contribution in [0.1, 0.15) is 22.3 Å². The van der Waals surface area contributed by atoms with E-state index in [0.717, 1.165) is 21.7 Å². The lowest BCUT2D eigenvalue weighted by Crippen LogP contribution is -2.43. The minimum Gasteiger partial charge on any atom is -0.306 e. The van der Waals surface area contributed by atoms with Crippen molar-refractivity contribution in [2.24, 2.45) is 5.10 Å². The SMILES string of the molecule is O=C(Nc1ccc(Br)cc1)N1CC(Cc2ccccc2)(c2ccccc2)C(c2ccc(C(F)(F)F)c(Cl)c2)=N1. The summed E-state index contributed by atoms with van der Waals surface area (Å²) in [5.74, 6) is 0. The zero-order chi connectivity index (χ0) is 27.6. The van der Waals surface area contributed by atoms with Gasteiger partial charge < -0.3 is 5.32 Å². The fourth-order valence-electron chi connectivity index (χ4n) is 4.82. The Kier molecular flexibility index (Phi) is 7.51. The Bertz CT molecular complexity index is 1510. The number of nitrogens with one attached hydrogen (secondary N) is 1. The highest BCUT2D eigenvalue weighted by atomic mass is 79.9. The molecule has 4 aromatic carbocycles. The van der Waals surface area contributed by atoms with E-state index in [9.17, 15) is 18.0 Å². The second-order valence-corrected chi connectivity index (χ2v) is 10.6. The molecule has 0 radical (unpaired) electrons. The topological polar surface area (TPSA) is 44.7 Å². The molecule has 4 aromatic rings. The number of alkyl halides is 3. The number of hydrogen-bond acceptors (Lipinski definition) is 2. The fourth-order valence-corrected chi connectivity index (χ4v) is 5.37. The van der Waals surface area contributed by atoms with Gasteiger partial charge in [0.25, 0.3) is 0 Å². The number of carbonyl (C=O) groups excluding carboxylic acids is 1. The van der Waals surface area contributed by atoms with Crippen molar-refractivity contribution in [3.63, 3.8) is 0 Å². The molecule has 0 bridgehead atoms. The molecule has 0 saturated carbocycles. The van der Waals surface area contributed by atoms with Gasteiger partial charge in [0, 0.05) is 15.7 Å². The Hall–Kier alpha value is -3.62. The van der Waals surface area contributed by atoms with Crippen LogP contribution in [0.15, 0.2) is 113 Å². The molecule has 198 valence electrons. The summed E-state index contributed by atoms with van der Waals surface area (Å²) in [6.07, 6.45) is -4.14. The smallest absolute Gasteiger partial charge is 0.306 e. The second kappa shape index (κ2) is 10.9. The average molecular weight is 613 g/mol. The Balaban J connectivity index is 1.63. The largest absolute Gasteiger partial charge is 0.417 e. The molecule has 0 spiro atoms. The van der Waals surface area contributed by atoms with Crippen molar-refractivity contribution in [1.29, 1.82) is 0 Å². The number of nitrogens with zero attached hydrogens (tertiary/aromatic N) is 2. The van der Waals surface area contributed by atoms with Crippen molar-refractivity contribution < 1.29 is 18.0 Å². The van der Waals surface area contributed by atoms with E-state index in [1.165, 1.54) is 17.1 Å². The lowest BCUT2D eigenvalue weighted by atomic mass is 9.70. The number of anilines is 1. The van der Waals surface area contributed by atoms with Gasteiger partial charge in [-0.15, -0.1) is 0 Å². The maximum atomic E-state index is 13.5. The van der Waals surface area contributed by atoms with Crippen molar-refractivity contribution in [1.82, 2.24) is 5.01 Å². The van der Waals surface area contributed by atoms with Crippen LogP contribution in [-0.2, 0) is 18.0 Å². The summed E-state index contributed by atoms with van der Waals surface area (Å²) in [5.41, 5.74) is 1.53. The summed E-state index contributed by atoms with van der Waals surface area (Å²) in [4.78, 5) is 13.4. The molecule has 0 aromatic heterocycles. The van der Waals surface area contributed by atoms with Gasteiger partial charge in [0.1, 0.15) is 0 Å². The molecule has 0 saturated heterocycles. The van der Waals surface area contributed by atoms with Crippen molar-refractivity contribution in [3.8, 4) is 0 Å². The number of benzene rings is 4. The zero-order valence-electron chi connectivity index (χ0n) is 20.4. The molecule has 0 fully saturated rings. The van der Waals surface area contributed by atoms with Crippen LogP contribution in [0.4, 0.5) is 23.7 Å². The summed E-state index contributed by atoms with van der Waals surface area (Å²) >= 11 is 9.52. The van der Waals surface area contributed by atoms with Gasteiger partial charge in [-0.05, 0) is 53.9 Å². The van der Waals surface area contributed by atoms with Crippen LogP contribution in [-0.4, -0.2) is 23.3 Å². The van der Waals surface area contributed by atoms with Gasteiger partial charge in [0.05, 0.1) is 28.3 Å². The highest BCUT2D eigenvalue weighted by Crippen LogP contribution is 2.41. The van der Waals surface area contributed by atoms with E-state index in [4.69, 9.17) is 16.7 Å². The molecule has 4 nitrogen and oxygen atoms in total. The first-order chi connectivity index (χ1) is 18.7. The lowest BCUT2D eigenvalue weighted by Gasteiger charge is -2.32. The van der Waals surface area contributed by atoms with Crippen molar-refractivity contribution in [2.75, 3.05) is 11.9 Å². The minimum atomic E-state index is -4.59. The molecule has 1 aliphatic rings. The average Bonchev–Trinajstić information content (AvgIpc) is 3.31. The lowest BCUT2D eigenvalue weighted by molar-refractivity contribution is -0.137. The summed E-state index contributed by atoms with van der Waals surface area (Å²) < 4.78 is 41.3. The van der Waals surface area contributed by atoms with E-state index in [1.54, 1.807) is 12.1 Å². The number of carbonyl (C=O) groups is 1. The van der Waals surface area contributed by atoms with Gasteiger partial charge in [0.2, 0.25) is 0 Å². The predicted octanol–water partition coefficient (Wildman–Crippen LogP) is 8.55. The third-order valence-electron chi connectivity index (χ3n) is 6.65. The molecule has 1 heterocycles. The molecular weight excluding hydrogens is 591 g/mol. The van der Waals surface area contributed by atoms with E-state index in [0.29, 0.717) is 23.4 Å². The normalized spacial score (nSPS) is 17.2. The third-order valence-corrected chi connectivity index (χ3v) is 7.49. The number of amides is 2. The Morgan fingerprint density at radius 1 is 0.949 bits per heavy atom. The first kappa shape index (κ1) is 27.0. The van der Waals surface area contributed by atoms with Crippen LogP contribution in [0.25, 0.3) is 0 Å². The van der Waals surface area contributed by atoms with Crippen molar-refractivity contribution >= 4 is 45.0 Å². The highest BCUT2D eigenvalue weighted by molar-refractivity contribution is 9.10. The molecule has 1 unspecified atom stereocenters. The zero-order valence-corrected chi connectivity index (χ0v) is 22.8. The number of hydrazone groups is 1. The third kappa shape index (κ3) is 5.72. The quantitative estimate of drug-likeness (QED) is 0.241. The van der Waals surface area contributed by atoms with E-state index in [2.05, 4.69) is 21.2 Å². The van der Waals surface area contributed by atoms with Crippen LogP contribution in [0, 0.1) is 0 Å². The Labute approximate surface area is 237 Å². The molecule has 2 amide bonds. The number of halogens is 5. The highest BCUT2D eigenvalue weighted by Gasteiger charge is 2.47. The van der Waals surface area contributed by atoms with E-state index >= 15 is 0 Å². The summed E-state index contributed by atoms with van der Waals surface area (Å²) in [6.45, 7) is 0.169. The molecule has 39 heavy (non-hydrogen) atoms. The van der Waals surface area contributed by atoms with Crippen molar-refractivity contribution in [3.05, 3.63) is 135 Å². The monoisotopic (exact) mass is 611 g/mol. The van der Waals surface area contributed by atoms with Crippen LogP contribution < -0.4 is 5.32 Å². The molecule has 1 aliphatic heterocycles. The second-order valence-electron chi connectivity index (χ2n) is 9.25. The predicted molar refractivity (Wildman–Crippen MR) is 151 cm³/mol. The van der Waals surface area contributed by atoms with Gasteiger partial charge in [-0.25, -0.2) is 9.80 Å². The Morgan fingerprint density at radius 2 is 1.59 bits per heavy atom. The number of hydrogen-bond donors (Lipinski definition) is 1. The molecule has 0 aliphatic carbocycles. The Morgan fingerprint density at radius 3 is 2.21 bits per heavy atom. The molecule has 1 N–H and O–H groups in total. The molecule has 5 rings (SSSR count). The van der Waals surface area contributed by atoms with Gasteiger partial charge in [-0.1, -0.05) is 94.3 Å². The van der Waals surface area contributed by atoms with Crippen LogP contribution >= 0.6 is 27.5 Å². The standard InChI is InChI=1S/C30H22BrClF3N3O/c31-23-12-14-24(15-13-23)36-28(39)38-19-29(22-9-5-2-6-10-22,18-20-7-3-1-4-8-20)27(37-38)21-11-16-25(26(32)17-21)30(33,34)35/h1-17H,18-19H2,(H,36,39).